The van der Waals surface area contributed by atoms with Crippen molar-refractivity contribution in [2.45, 2.75) is 52.9 Å². The van der Waals surface area contributed by atoms with Gasteiger partial charge in [-0.3, -0.25) is 4.79 Å². The van der Waals surface area contributed by atoms with Crippen LogP contribution in [0, 0.1) is 12.8 Å². The summed E-state index contributed by atoms with van der Waals surface area (Å²) < 4.78 is 5.46. The van der Waals surface area contributed by atoms with E-state index in [4.69, 9.17) is 4.74 Å². The molecule has 1 aromatic carbocycles. The molecule has 1 aromatic rings. The van der Waals surface area contributed by atoms with Crippen molar-refractivity contribution in [1.82, 2.24) is 10.2 Å². The van der Waals surface area contributed by atoms with Gasteiger partial charge in [-0.2, -0.15) is 0 Å². The number of amides is 1. The number of ether oxygens (including phenoxy) is 1. The first-order valence-corrected chi connectivity index (χ1v) is 9.61. The lowest BCUT2D eigenvalue weighted by atomic mass is 9.96. The van der Waals surface area contributed by atoms with Crippen molar-refractivity contribution in [3.8, 4) is 5.75 Å². The lowest BCUT2D eigenvalue weighted by molar-refractivity contribution is 0.0949. The topological polar surface area (TPSA) is 41.6 Å². The summed E-state index contributed by atoms with van der Waals surface area (Å²) in [4.78, 5) is 15.1. The largest absolute Gasteiger partial charge is 0.496 e. The lowest BCUT2D eigenvalue weighted by Gasteiger charge is -2.30. The van der Waals surface area contributed by atoms with Gasteiger partial charge in [0.1, 0.15) is 5.75 Å². The predicted molar refractivity (Wildman–Crippen MR) is 104 cm³/mol. The van der Waals surface area contributed by atoms with Gasteiger partial charge in [0.2, 0.25) is 0 Å². The van der Waals surface area contributed by atoms with E-state index < -0.39 is 0 Å². The number of carbonyl (C=O) groups excluding carboxylic acids is 1. The van der Waals surface area contributed by atoms with E-state index in [1.54, 1.807) is 7.11 Å². The van der Waals surface area contributed by atoms with Crippen molar-refractivity contribution in [3.63, 3.8) is 0 Å². The van der Waals surface area contributed by atoms with Crippen LogP contribution in [0.2, 0.25) is 0 Å². The van der Waals surface area contributed by atoms with Gasteiger partial charge in [0, 0.05) is 18.7 Å². The van der Waals surface area contributed by atoms with Crippen molar-refractivity contribution in [2.24, 2.45) is 5.92 Å². The predicted octanol–water partition coefficient (Wildman–Crippen LogP) is 3.98. The highest BCUT2D eigenvalue weighted by Crippen LogP contribution is 2.29. The summed E-state index contributed by atoms with van der Waals surface area (Å²) in [5, 5.41) is 3.09. The molecule has 1 fully saturated rings. The van der Waals surface area contributed by atoms with Crippen LogP contribution in [0.5, 0.6) is 5.75 Å². The van der Waals surface area contributed by atoms with Crippen LogP contribution in [0.15, 0.2) is 12.1 Å². The first kappa shape index (κ1) is 19.8. The molecule has 1 atom stereocenters. The first-order chi connectivity index (χ1) is 11.9. The second-order valence-electron chi connectivity index (χ2n) is 7.72. The Morgan fingerprint density at radius 1 is 1.40 bits per heavy atom. The number of methoxy groups -OCH3 is 1. The summed E-state index contributed by atoms with van der Waals surface area (Å²) in [5.41, 5.74) is 2.81. The van der Waals surface area contributed by atoms with E-state index in [9.17, 15) is 4.79 Å². The molecule has 25 heavy (non-hydrogen) atoms. The van der Waals surface area contributed by atoms with E-state index in [0.717, 1.165) is 47.9 Å². The minimum atomic E-state index is 0.0223. The fourth-order valence-corrected chi connectivity index (χ4v) is 3.66. The second kappa shape index (κ2) is 9.23. The molecule has 4 nitrogen and oxygen atoms in total. The van der Waals surface area contributed by atoms with E-state index in [2.05, 4.69) is 31.0 Å². The highest BCUT2D eigenvalue weighted by atomic mass is 16.5. The molecule has 1 N–H and O–H groups in total. The molecule has 0 unspecified atom stereocenters. The zero-order valence-corrected chi connectivity index (χ0v) is 16.5. The van der Waals surface area contributed by atoms with Crippen molar-refractivity contribution in [2.75, 3.05) is 33.3 Å². The number of aryl methyl sites for hydroxylation is 1. The Hall–Kier alpha value is -1.55. The fraction of sp³-hybridized carbons (Fsp3) is 0.667. The minimum absolute atomic E-state index is 0.0223. The minimum Gasteiger partial charge on any atom is -0.496 e. The quantitative estimate of drug-likeness (QED) is 0.759. The molecule has 0 saturated carbocycles. The molecular formula is C21H34N2O2. The maximum atomic E-state index is 12.6. The second-order valence-corrected chi connectivity index (χ2v) is 7.72. The Balaban J connectivity index is 1.89. The van der Waals surface area contributed by atoms with Crippen LogP contribution in [-0.4, -0.2) is 44.1 Å². The first-order valence-electron chi connectivity index (χ1n) is 9.61. The van der Waals surface area contributed by atoms with Crippen LogP contribution in [-0.2, 0) is 0 Å². The lowest BCUT2D eigenvalue weighted by Crippen LogP contribution is -2.36. The summed E-state index contributed by atoms with van der Waals surface area (Å²) in [6.45, 7) is 12.7. The average molecular weight is 347 g/mol. The maximum absolute atomic E-state index is 12.6. The van der Waals surface area contributed by atoms with Crippen LogP contribution in [0.1, 0.15) is 67.4 Å². The third-order valence-corrected chi connectivity index (χ3v) is 5.12. The number of hydrogen-bond donors (Lipinski definition) is 1. The summed E-state index contributed by atoms with van der Waals surface area (Å²) in [6, 6.07) is 3.96. The molecule has 2 rings (SSSR count). The zero-order valence-electron chi connectivity index (χ0n) is 16.5. The van der Waals surface area contributed by atoms with Crippen molar-refractivity contribution in [3.05, 3.63) is 28.8 Å². The molecule has 1 amide bonds. The van der Waals surface area contributed by atoms with Gasteiger partial charge in [-0.05, 0) is 74.4 Å². The third-order valence-electron chi connectivity index (χ3n) is 5.12. The van der Waals surface area contributed by atoms with Gasteiger partial charge in [-0.1, -0.05) is 20.8 Å². The monoisotopic (exact) mass is 346 g/mol. The Kier molecular flexibility index (Phi) is 7.30. The van der Waals surface area contributed by atoms with E-state index in [1.165, 1.54) is 25.9 Å². The summed E-state index contributed by atoms with van der Waals surface area (Å²) in [7, 11) is 1.68. The van der Waals surface area contributed by atoms with Crippen LogP contribution in [0.4, 0.5) is 0 Å². The SMILES string of the molecule is COc1cc(C)c(C(=O)NCCCN2CCC[C@H](C)C2)cc1C(C)C. The average Bonchev–Trinajstić information content (AvgIpc) is 2.58. The molecule has 1 aliphatic heterocycles. The van der Waals surface area contributed by atoms with Gasteiger partial charge in [-0.15, -0.1) is 0 Å². The number of rotatable bonds is 7. The highest BCUT2D eigenvalue weighted by molar-refractivity contribution is 5.96. The smallest absolute Gasteiger partial charge is 0.251 e. The number of piperidine rings is 1. The number of carbonyl (C=O) groups is 1. The summed E-state index contributed by atoms with van der Waals surface area (Å²) in [6.07, 6.45) is 3.66. The Bertz CT molecular complexity index is 584. The Morgan fingerprint density at radius 2 is 2.16 bits per heavy atom. The standard InChI is InChI=1S/C21H34N2O2/c1-15(2)18-13-19(17(4)12-20(18)25-5)21(24)22-9-7-11-23-10-6-8-16(3)14-23/h12-13,15-16H,6-11,14H2,1-5H3,(H,22,24)/t16-/m0/s1. The number of likely N-dealkylation sites (tertiary alicyclic amines) is 1. The van der Waals surface area contributed by atoms with Crippen LogP contribution in [0.3, 0.4) is 0 Å². The van der Waals surface area contributed by atoms with Gasteiger partial charge < -0.3 is 15.0 Å². The van der Waals surface area contributed by atoms with E-state index in [0.29, 0.717) is 5.92 Å². The van der Waals surface area contributed by atoms with E-state index >= 15 is 0 Å². The van der Waals surface area contributed by atoms with Crippen LogP contribution in [0.25, 0.3) is 0 Å². The molecule has 0 aromatic heterocycles. The third kappa shape index (κ3) is 5.46. The molecule has 1 saturated heterocycles. The number of hydrogen-bond acceptors (Lipinski definition) is 3. The van der Waals surface area contributed by atoms with E-state index in [1.807, 2.05) is 19.1 Å². The number of nitrogens with zero attached hydrogens (tertiary/aromatic N) is 1. The number of benzene rings is 1. The zero-order chi connectivity index (χ0) is 18.4. The van der Waals surface area contributed by atoms with Crippen molar-refractivity contribution >= 4 is 5.91 Å². The molecule has 0 aliphatic carbocycles. The molecule has 1 heterocycles. The molecular weight excluding hydrogens is 312 g/mol. The van der Waals surface area contributed by atoms with E-state index in [-0.39, 0.29) is 5.91 Å². The van der Waals surface area contributed by atoms with Crippen molar-refractivity contribution in [1.29, 1.82) is 0 Å². The Morgan fingerprint density at radius 3 is 2.80 bits per heavy atom. The Labute approximate surface area is 152 Å². The van der Waals surface area contributed by atoms with Crippen LogP contribution >= 0.6 is 0 Å². The normalized spacial score (nSPS) is 18.4. The molecule has 140 valence electrons. The molecule has 1 aliphatic rings. The summed E-state index contributed by atoms with van der Waals surface area (Å²) in [5.74, 6) is 2.01. The van der Waals surface area contributed by atoms with Gasteiger partial charge in [0.15, 0.2) is 0 Å². The fourth-order valence-electron chi connectivity index (χ4n) is 3.66. The van der Waals surface area contributed by atoms with Crippen molar-refractivity contribution < 1.29 is 9.53 Å². The van der Waals surface area contributed by atoms with Gasteiger partial charge >= 0.3 is 0 Å². The molecule has 0 radical (unpaired) electrons. The highest BCUT2D eigenvalue weighted by Gasteiger charge is 2.17. The number of nitrogens with one attached hydrogen (secondary N) is 1. The molecule has 0 bridgehead atoms. The summed E-state index contributed by atoms with van der Waals surface area (Å²) >= 11 is 0. The van der Waals surface area contributed by atoms with Gasteiger partial charge in [-0.25, -0.2) is 0 Å². The van der Waals surface area contributed by atoms with Crippen LogP contribution < -0.4 is 10.1 Å². The van der Waals surface area contributed by atoms with Gasteiger partial charge in [0.05, 0.1) is 7.11 Å². The molecule has 4 heteroatoms. The van der Waals surface area contributed by atoms with Gasteiger partial charge in [0.25, 0.3) is 5.91 Å². The maximum Gasteiger partial charge on any atom is 0.251 e. The molecule has 0 spiro atoms.